The van der Waals surface area contributed by atoms with Crippen molar-refractivity contribution in [1.29, 1.82) is 0 Å². The third-order valence-electron chi connectivity index (χ3n) is 4.64. The fourth-order valence-corrected chi connectivity index (χ4v) is 3.34. The molecule has 1 atom stereocenters. The molecule has 2 N–H and O–H groups in total. The van der Waals surface area contributed by atoms with Crippen LogP contribution in [-0.2, 0) is 6.54 Å². The molecule has 1 aromatic heterocycles. The Morgan fingerprint density at radius 3 is 2.92 bits per heavy atom. The predicted octanol–water partition coefficient (Wildman–Crippen LogP) is 3.16. The number of nitro benzene ring substituents is 1. The Hall–Kier alpha value is -2.93. The topological polar surface area (TPSA) is 87.1 Å². The number of non-ortho nitro benzene ring substituents is 1. The van der Waals surface area contributed by atoms with Crippen LogP contribution in [0.2, 0.25) is 0 Å². The summed E-state index contributed by atoms with van der Waals surface area (Å²) in [5.41, 5.74) is 3.39. The SMILES string of the molecule is O=[N+]([O-])c1ccc(CN2CCC(Nc3ccc4[nH]ncc4c3)C2)cc1. The summed E-state index contributed by atoms with van der Waals surface area (Å²) in [6.07, 6.45) is 2.91. The van der Waals surface area contributed by atoms with Crippen molar-refractivity contribution >= 4 is 22.3 Å². The molecule has 0 amide bonds. The maximum absolute atomic E-state index is 10.7. The number of anilines is 1. The monoisotopic (exact) mass is 337 g/mol. The third kappa shape index (κ3) is 3.46. The maximum atomic E-state index is 10.7. The number of rotatable bonds is 5. The first-order valence-corrected chi connectivity index (χ1v) is 8.33. The lowest BCUT2D eigenvalue weighted by molar-refractivity contribution is -0.384. The Morgan fingerprint density at radius 1 is 1.28 bits per heavy atom. The molecular weight excluding hydrogens is 318 g/mol. The maximum Gasteiger partial charge on any atom is 0.269 e. The molecule has 1 aliphatic heterocycles. The lowest BCUT2D eigenvalue weighted by atomic mass is 10.2. The minimum absolute atomic E-state index is 0.138. The van der Waals surface area contributed by atoms with Crippen LogP contribution < -0.4 is 5.32 Å². The van der Waals surface area contributed by atoms with E-state index in [9.17, 15) is 10.1 Å². The van der Waals surface area contributed by atoms with Crippen LogP contribution in [0.3, 0.4) is 0 Å². The van der Waals surface area contributed by atoms with Crippen molar-refractivity contribution in [1.82, 2.24) is 15.1 Å². The average molecular weight is 337 g/mol. The van der Waals surface area contributed by atoms with E-state index in [4.69, 9.17) is 0 Å². The van der Waals surface area contributed by atoms with Gasteiger partial charge in [0.1, 0.15) is 0 Å². The number of hydrogen-bond acceptors (Lipinski definition) is 5. The first-order chi connectivity index (χ1) is 12.2. The first-order valence-electron chi connectivity index (χ1n) is 8.33. The fraction of sp³-hybridized carbons (Fsp3) is 0.278. The Labute approximate surface area is 144 Å². The molecule has 0 spiro atoms. The number of nitrogens with zero attached hydrogens (tertiary/aromatic N) is 3. The summed E-state index contributed by atoms with van der Waals surface area (Å²) in [5.74, 6) is 0. The van der Waals surface area contributed by atoms with Crippen LogP contribution >= 0.6 is 0 Å². The Bertz CT molecular complexity index is 890. The van der Waals surface area contributed by atoms with Gasteiger partial charge in [0.2, 0.25) is 0 Å². The number of H-pyrrole nitrogens is 1. The normalized spacial score (nSPS) is 17.8. The number of aromatic amines is 1. The van der Waals surface area contributed by atoms with Gasteiger partial charge >= 0.3 is 0 Å². The highest BCUT2D eigenvalue weighted by Crippen LogP contribution is 2.21. The Balaban J connectivity index is 1.35. The molecule has 7 heteroatoms. The third-order valence-corrected chi connectivity index (χ3v) is 4.64. The molecule has 25 heavy (non-hydrogen) atoms. The van der Waals surface area contributed by atoms with Crippen molar-refractivity contribution in [2.45, 2.75) is 19.0 Å². The molecule has 1 saturated heterocycles. The van der Waals surface area contributed by atoms with Gasteiger partial charge in [0, 0.05) is 48.9 Å². The standard InChI is InChI=1S/C18H19N5O2/c24-23(25)17-4-1-13(2-5-17)11-22-8-7-16(12-22)20-15-3-6-18-14(9-15)10-19-21-18/h1-6,9-10,16,20H,7-8,11-12H2,(H,19,21). The highest BCUT2D eigenvalue weighted by molar-refractivity contribution is 5.81. The van der Waals surface area contributed by atoms with Crippen LogP contribution in [0.25, 0.3) is 10.9 Å². The van der Waals surface area contributed by atoms with Crippen LogP contribution in [0.5, 0.6) is 0 Å². The number of nitrogens with one attached hydrogen (secondary N) is 2. The van der Waals surface area contributed by atoms with Crippen molar-refractivity contribution in [3.8, 4) is 0 Å². The minimum atomic E-state index is -0.365. The van der Waals surface area contributed by atoms with Gasteiger partial charge in [-0.15, -0.1) is 0 Å². The van der Waals surface area contributed by atoms with E-state index in [0.29, 0.717) is 6.04 Å². The van der Waals surface area contributed by atoms with Crippen LogP contribution in [0, 0.1) is 10.1 Å². The van der Waals surface area contributed by atoms with Gasteiger partial charge in [0.25, 0.3) is 5.69 Å². The number of likely N-dealkylation sites (tertiary alicyclic amines) is 1. The van der Waals surface area contributed by atoms with Crippen LogP contribution in [0.15, 0.2) is 48.7 Å². The quantitative estimate of drug-likeness (QED) is 0.551. The molecule has 0 aliphatic carbocycles. The van der Waals surface area contributed by atoms with Crippen LogP contribution in [0.4, 0.5) is 11.4 Å². The van der Waals surface area contributed by atoms with E-state index in [1.54, 1.807) is 12.1 Å². The first kappa shape index (κ1) is 15.6. The van der Waals surface area contributed by atoms with E-state index in [2.05, 4.69) is 32.5 Å². The van der Waals surface area contributed by atoms with Gasteiger partial charge in [-0.05, 0) is 30.2 Å². The molecule has 0 saturated carbocycles. The molecule has 4 rings (SSSR count). The fourth-order valence-electron chi connectivity index (χ4n) is 3.34. The van der Waals surface area contributed by atoms with Gasteiger partial charge in [0.15, 0.2) is 0 Å². The second-order valence-corrected chi connectivity index (χ2v) is 6.46. The minimum Gasteiger partial charge on any atom is -0.381 e. The molecule has 1 aliphatic rings. The molecule has 2 heterocycles. The summed E-state index contributed by atoms with van der Waals surface area (Å²) in [6.45, 7) is 2.79. The number of hydrogen-bond donors (Lipinski definition) is 2. The molecule has 0 bridgehead atoms. The van der Waals surface area contributed by atoms with Crippen LogP contribution in [0.1, 0.15) is 12.0 Å². The summed E-state index contributed by atoms with van der Waals surface area (Å²) in [5, 5.41) is 22.4. The number of aromatic nitrogens is 2. The zero-order chi connectivity index (χ0) is 17.2. The van der Waals surface area contributed by atoms with Crippen molar-refractivity contribution in [2.75, 3.05) is 18.4 Å². The van der Waals surface area contributed by atoms with Crippen molar-refractivity contribution in [3.63, 3.8) is 0 Å². The van der Waals surface area contributed by atoms with E-state index in [0.717, 1.165) is 48.2 Å². The van der Waals surface area contributed by atoms with Crippen molar-refractivity contribution < 1.29 is 4.92 Å². The lowest BCUT2D eigenvalue weighted by Crippen LogP contribution is -2.25. The van der Waals surface area contributed by atoms with E-state index in [-0.39, 0.29) is 10.6 Å². The summed E-state index contributed by atoms with van der Waals surface area (Å²) in [6, 6.07) is 13.4. The molecule has 128 valence electrons. The number of nitro groups is 1. The van der Waals surface area contributed by atoms with E-state index >= 15 is 0 Å². The average Bonchev–Trinajstić information content (AvgIpc) is 3.24. The van der Waals surface area contributed by atoms with Gasteiger partial charge in [-0.1, -0.05) is 12.1 Å². The molecule has 1 fully saturated rings. The molecular formula is C18H19N5O2. The molecule has 0 radical (unpaired) electrons. The van der Waals surface area contributed by atoms with Gasteiger partial charge in [0.05, 0.1) is 16.6 Å². The summed E-state index contributed by atoms with van der Waals surface area (Å²) in [7, 11) is 0. The second kappa shape index (κ2) is 6.52. The molecule has 3 aromatic rings. The van der Waals surface area contributed by atoms with Crippen molar-refractivity contribution in [2.24, 2.45) is 0 Å². The lowest BCUT2D eigenvalue weighted by Gasteiger charge is -2.17. The highest BCUT2D eigenvalue weighted by atomic mass is 16.6. The molecule has 7 nitrogen and oxygen atoms in total. The summed E-state index contributed by atoms with van der Waals surface area (Å²) >= 11 is 0. The zero-order valence-electron chi connectivity index (χ0n) is 13.7. The largest absolute Gasteiger partial charge is 0.381 e. The summed E-state index contributed by atoms with van der Waals surface area (Å²) < 4.78 is 0. The van der Waals surface area contributed by atoms with Gasteiger partial charge < -0.3 is 5.32 Å². The molecule has 1 unspecified atom stereocenters. The van der Waals surface area contributed by atoms with E-state index in [1.165, 1.54) is 0 Å². The van der Waals surface area contributed by atoms with Gasteiger partial charge in [-0.3, -0.25) is 20.1 Å². The smallest absolute Gasteiger partial charge is 0.269 e. The van der Waals surface area contributed by atoms with E-state index in [1.807, 2.05) is 24.4 Å². The van der Waals surface area contributed by atoms with Gasteiger partial charge in [-0.2, -0.15) is 5.10 Å². The summed E-state index contributed by atoms with van der Waals surface area (Å²) in [4.78, 5) is 12.7. The van der Waals surface area contributed by atoms with E-state index < -0.39 is 0 Å². The predicted molar refractivity (Wildman–Crippen MR) is 96.5 cm³/mol. The van der Waals surface area contributed by atoms with Crippen LogP contribution in [-0.4, -0.2) is 39.2 Å². The second-order valence-electron chi connectivity index (χ2n) is 6.46. The zero-order valence-corrected chi connectivity index (χ0v) is 13.7. The van der Waals surface area contributed by atoms with Gasteiger partial charge in [-0.25, -0.2) is 0 Å². The number of fused-ring (bicyclic) bond motifs is 1. The van der Waals surface area contributed by atoms with Crippen molar-refractivity contribution in [3.05, 3.63) is 64.3 Å². The Morgan fingerprint density at radius 2 is 2.12 bits per heavy atom. The Kier molecular flexibility index (Phi) is 4.07. The number of benzene rings is 2. The molecule has 2 aromatic carbocycles. The highest BCUT2D eigenvalue weighted by Gasteiger charge is 2.22.